The van der Waals surface area contributed by atoms with Crippen LogP contribution in [0.4, 0.5) is 24.5 Å². The summed E-state index contributed by atoms with van der Waals surface area (Å²) in [6.45, 7) is 4.50. The van der Waals surface area contributed by atoms with Crippen molar-refractivity contribution in [2.24, 2.45) is 5.92 Å². The fourth-order valence-electron chi connectivity index (χ4n) is 4.13. The van der Waals surface area contributed by atoms with Gasteiger partial charge in [0, 0.05) is 42.3 Å². The van der Waals surface area contributed by atoms with Gasteiger partial charge in [-0.15, -0.1) is 0 Å². The number of amides is 1. The molecule has 2 N–H and O–H groups in total. The lowest BCUT2D eigenvalue weighted by molar-refractivity contribution is -0.137. The number of aromatic nitrogens is 1. The van der Waals surface area contributed by atoms with Crippen LogP contribution in [0.2, 0.25) is 0 Å². The number of benzene rings is 2. The number of anilines is 2. The number of nitrogens with zero attached hydrogens (tertiary/aromatic N) is 1. The minimum absolute atomic E-state index is 0.0296. The molecular weight excluding hydrogens is 459 g/mol. The van der Waals surface area contributed by atoms with Crippen LogP contribution in [-0.4, -0.2) is 24.0 Å². The van der Waals surface area contributed by atoms with Gasteiger partial charge in [-0.25, -0.2) is 0 Å². The van der Waals surface area contributed by atoms with Gasteiger partial charge in [0.05, 0.1) is 5.56 Å². The Morgan fingerprint density at radius 3 is 2.66 bits per heavy atom. The Hall–Kier alpha value is -4.01. The standard InChI is InChI=1S/C26H24F3N3O3/c1-2-24(33)31-14-18-12-21-22(32(15-18)20-8-6-19(7-9-20)26(27,28)29)4-3-5-23(21)35-16-17-10-11-30-25(34)13-17/h2-11,13,18H,1,12,14-16H2,(H,30,34)(H,31,33). The minimum atomic E-state index is -4.42. The molecular formula is C26H24F3N3O3. The topological polar surface area (TPSA) is 74.4 Å². The summed E-state index contributed by atoms with van der Waals surface area (Å²) in [5.74, 6) is 0.285. The molecule has 0 aliphatic carbocycles. The molecule has 35 heavy (non-hydrogen) atoms. The lowest BCUT2D eigenvalue weighted by Gasteiger charge is -2.37. The summed E-state index contributed by atoms with van der Waals surface area (Å²) in [7, 11) is 0. The monoisotopic (exact) mass is 483 g/mol. The number of hydrogen-bond donors (Lipinski definition) is 2. The van der Waals surface area contributed by atoms with Gasteiger partial charge in [-0.2, -0.15) is 13.2 Å². The normalized spacial score (nSPS) is 15.3. The van der Waals surface area contributed by atoms with Crippen LogP contribution in [0.5, 0.6) is 5.75 Å². The van der Waals surface area contributed by atoms with Crippen LogP contribution in [0.25, 0.3) is 0 Å². The molecule has 1 amide bonds. The summed E-state index contributed by atoms with van der Waals surface area (Å²) >= 11 is 0. The van der Waals surface area contributed by atoms with E-state index in [-0.39, 0.29) is 24.0 Å². The van der Waals surface area contributed by atoms with Gasteiger partial charge in [0.2, 0.25) is 11.5 Å². The molecule has 0 saturated heterocycles. The number of alkyl halides is 3. The molecule has 2 heterocycles. The minimum Gasteiger partial charge on any atom is -0.489 e. The Morgan fingerprint density at radius 2 is 1.97 bits per heavy atom. The van der Waals surface area contributed by atoms with E-state index in [9.17, 15) is 22.8 Å². The Balaban J connectivity index is 1.66. The van der Waals surface area contributed by atoms with Crippen LogP contribution in [0.3, 0.4) is 0 Å². The fraction of sp³-hybridized carbons (Fsp3) is 0.231. The lowest BCUT2D eigenvalue weighted by Crippen LogP contribution is -2.39. The van der Waals surface area contributed by atoms with E-state index in [1.54, 1.807) is 12.3 Å². The number of ether oxygens (including phenoxy) is 1. The highest BCUT2D eigenvalue weighted by molar-refractivity contribution is 5.86. The molecule has 6 nitrogen and oxygen atoms in total. The van der Waals surface area contributed by atoms with Gasteiger partial charge in [0.1, 0.15) is 12.4 Å². The van der Waals surface area contributed by atoms with Gasteiger partial charge < -0.3 is 19.9 Å². The molecule has 1 aliphatic heterocycles. The highest BCUT2D eigenvalue weighted by Gasteiger charge is 2.32. The zero-order chi connectivity index (χ0) is 25.0. The molecule has 182 valence electrons. The van der Waals surface area contributed by atoms with Crippen molar-refractivity contribution in [1.29, 1.82) is 0 Å². The van der Waals surface area contributed by atoms with Crippen molar-refractivity contribution < 1.29 is 22.7 Å². The fourth-order valence-corrected chi connectivity index (χ4v) is 4.13. The molecule has 4 rings (SSSR count). The summed E-state index contributed by atoms with van der Waals surface area (Å²) in [5.41, 5.74) is 2.05. The van der Waals surface area contributed by atoms with E-state index in [2.05, 4.69) is 16.9 Å². The molecule has 0 fully saturated rings. The summed E-state index contributed by atoms with van der Waals surface area (Å²) in [5, 5.41) is 2.81. The zero-order valence-electron chi connectivity index (χ0n) is 18.8. The van der Waals surface area contributed by atoms with Gasteiger partial charge in [0.25, 0.3) is 0 Å². The van der Waals surface area contributed by atoms with Crippen LogP contribution >= 0.6 is 0 Å². The summed E-state index contributed by atoms with van der Waals surface area (Å²) < 4.78 is 45.3. The Bertz CT molecular complexity index is 1270. The maximum Gasteiger partial charge on any atom is 0.416 e. The van der Waals surface area contributed by atoms with Crippen molar-refractivity contribution in [1.82, 2.24) is 10.3 Å². The van der Waals surface area contributed by atoms with Crippen LogP contribution in [0, 0.1) is 5.92 Å². The number of halogens is 3. The zero-order valence-corrected chi connectivity index (χ0v) is 18.8. The number of hydrogen-bond acceptors (Lipinski definition) is 4. The maximum absolute atomic E-state index is 13.1. The highest BCUT2D eigenvalue weighted by atomic mass is 19.4. The van der Waals surface area contributed by atoms with Gasteiger partial charge in [-0.3, -0.25) is 9.59 Å². The van der Waals surface area contributed by atoms with E-state index in [0.717, 1.165) is 23.4 Å². The van der Waals surface area contributed by atoms with Crippen LogP contribution < -0.4 is 20.5 Å². The SMILES string of the molecule is C=CC(=O)NCC1Cc2c(OCc3cc[nH]c(=O)c3)cccc2N(c2ccc(C(F)(F)F)cc2)C1. The largest absolute Gasteiger partial charge is 0.489 e. The first-order chi connectivity index (χ1) is 16.7. The van der Waals surface area contributed by atoms with Crippen molar-refractivity contribution in [3.05, 3.63) is 100 Å². The number of H-pyrrole nitrogens is 1. The van der Waals surface area contributed by atoms with Crippen molar-refractivity contribution in [3.63, 3.8) is 0 Å². The number of pyridine rings is 1. The van der Waals surface area contributed by atoms with Crippen LogP contribution in [0.15, 0.2) is 78.2 Å². The third kappa shape index (κ3) is 5.74. The smallest absolute Gasteiger partial charge is 0.416 e. The van der Waals surface area contributed by atoms with E-state index in [0.29, 0.717) is 36.5 Å². The van der Waals surface area contributed by atoms with Crippen molar-refractivity contribution in [3.8, 4) is 5.75 Å². The number of carbonyl (C=O) groups excluding carboxylic acids is 1. The molecule has 1 unspecified atom stereocenters. The molecule has 0 saturated carbocycles. The maximum atomic E-state index is 13.1. The Labute approximate surface area is 200 Å². The Morgan fingerprint density at radius 1 is 1.20 bits per heavy atom. The van der Waals surface area contributed by atoms with Gasteiger partial charge in [0.15, 0.2) is 0 Å². The predicted molar refractivity (Wildman–Crippen MR) is 127 cm³/mol. The number of nitrogens with one attached hydrogen (secondary N) is 2. The molecule has 0 radical (unpaired) electrons. The molecule has 3 aromatic rings. The second-order valence-electron chi connectivity index (χ2n) is 8.28. The average Bonchev–Trinajstić information content (AvgIpc) is 2.85. The van der Waals surface area contributed by atoms with Crippen LogP contribution in [0.1, 0.15) is 16.7 Å². The average molecular weight is 483 g/mol. The predicted octanol–water partition coefficient (Wildman–Crippen LogP) is 4.59. The molecule has 9 heteroatoms. The number of aromatic amines is 1. The molecule has 0 bridgehead atoms. The van der Waals surface area contributed by atoms with E-state index >= 15 is 0 Å². The third-order valence-corrected chi connectivity index (χ3v) is 5.82. The van der Waals surface area contributed by atoms with Gasteiger partial charge in [-0.1, -0.05) is 12.6 Å². The summed E-state index contributed by atoms with van der Waals surface area (Å²) in [6, 6.07) is 13.8. The first-order valence-corrected chi connectivity index (χ1v) is 11.0. The molecule has 1 aliphatic rings. The van der Waals surface area contributed by atoms with Crippen molar-refractivity contribution in [2.75, 3.05) is 18.0 Å². The second-order valence-corrected chi connectivity index (χ2v) is 8.28. The summed E-state index contributed by atoms with van der Waals surface area (Å²) in [4.78, 5) is 27.8. The first-order valence-electron chi connectivity index (χ1n) is 11.0. The highest BCUT2D eigenvalue weighted by Crippen LogP contribution is 2.41. The third-order valence-electron chi connectivity index (χ3n) is 5.82. The van der Waals surface area contributed by atoms with Gasteiger partial charge >= 0.3 is 6.18 Å². The molecule has 0 spiro atoms. The van der Waals surface area contributed by atoms with E-state index in [1.165, 1.54) is 24.3 Å². The number of rotatable bonds is 7. The number of fused-ring (bicyclic) bond motifs is 1. The van der Waals surface area contributed by atoms with Crippen LogP contribution in [-0.2, 0) is 24.0 Å². The molecule has 1 aromatic heterocycles. The van der Waals surface area contributed by atoms with E-state index < -0.39 is 11.7 Å². The van der Waals surface area contributed by atoms with Crippen molar-refractivity contribution >= 4 is 17.3 Å². The molecule has 1 atom stereocenters. The molecule has 2 aromatic carbocycles. The van der Waals surface area contributed by atoms with Gasteiger partial charge in [-0.05, 0) is 66.4 Å². The quantitative estimate of drug-likeness (QED) is 0.483. The van der Waals surface area contributed by atoms with Crippen molar-refractivity contribution in [2.45, 2.75) is 19.2 Å². The lowest BCUT2D eigenvalue weighted by atomic mass is 9.91. The Kier molecular flexibility index (Phi) is 6.95. The first kappa shape index (κ1) is 24.1. The number of carbonyl (C=O) groups is 1. The summed E-state index contributed by atoms with van der Waals surface area (Å²) in [6.07, 6.45) is -1.09. The van der Waals surface area contributed by atoms with E-state index in [1.807, 2.05) is 23.1 Å². The second kappa shape index (κ2) is 10.1. The van der Waals surface area contributed by atoms with E-state index in [4.69, 9.17) is 4.74 Å².